The predicted molar refractivity (Wildman–Crippen MR) is 51.9 cm³/mol. The molecular weight excluding hydrogens is 164 g/mol. The highest BCUT2D eigenvalue weighted by atomic mass is 15.6. The molecule has 0 aromatic heterocycles. The van der Waals surface area contributed by atoms with Crippen molar-refractivity contribution in [3.63, 3.8) is 0 Å². The molecule has 0 N–H and O–H groups in total. The Labute approximate surface area is 79.4 Å². The van der Waals surface area contributed by atoms with E-state index in [4.69, 9.17) is 5.26 Å². The fourth-order valence-electron chi connectivity index (χ4n) is 1.39. The summed E-state index contributed by atoms with van der Waals surface area (Å²) in [6.45, 7) is 7.07. The average Bonchev–Trinajstić information content (AvgIpc) is 2.48. The Morgan fingerprint density at radius 1 is 1.62 bits per heavy atom. The summed E-state index contributed by atoms with van der Waals surface area (Å²) in [6, 6.07) is 2.54. The summed E-state index contributed by atoms with van der Waals surface area (Å²) in [4.78, 5) is 1.97. The quantitative estimate of drug-likeness (QED) is 0.655. The molecule has 1 heterocycles. The Morgan fingerprint density at radius 3 is 2.77 bits per heavy atom. The van der Waals surface area contributed by atoms with Crippen molar-refractivity contribution in [3.05, 3.63) is 0 Å². The SMILES string of the molecule is CCCN1C=NN(C(C)C)C1C#N. The third-order valence-electron chi connectivity index (χ3n) is 2.02. The minimum absolute atomic E-state index is 0.208. The van der Waals surface area contributed by atoms with Gasteiger partial charge in [-0.2, -0.15) is 10.4 Å². The normalized spacial score (nSPS) is 21.3. The number of nitriles is 1. The Balaban J connectivity index is 2.65. The van der Waals surface area contributed by atoms with Crippen LogP contribution in [-0.2, 0) is 0 Å². The lowest BCUT2D eigenvalue weighted by molar-refractivity contribution is 0.141. The van der Waals surface area contributed by atoms with Gasteiger partial charge in [-0.3, -0.25) is 5.01 Å². The molecule has 72 valence electrons. The van der Waals surface area contributed by atoms with Crippen molar-refractivity contribution in [1.82, 2.24) is 9.91 Å². The molecule has 0 bridgehead atoms. The summed E-state index contributed by atoms with van der Waals surface area (Å²) in [5.41, 5.74) is 0. The molecule has 0 fully saturated rings. The summed E-state index contributed by atoms with van der Waals surface area (Å²) in [7, 11) is 0. The van der Waals surface area contributed by atoms with E-state index >= 15 is 0 Å². The molecule has 1 rings (SSSR count). The summed E-state index contributed by atoms with van der Waals surface area (Å²) in [5, 5.41) is 15.0. The van der Waals surface area contributed by atoms with Crippen molar-refractivity contribution in [2.75, 3.05) is 6.54 Å². The molecule has 13 heavy (non-hydrogen) atoms. The van der Waals surface area contributed by atoms with Crippen molar-refractivity contribution < 1.29 is 0 Å². The van der Waals surface area contributed by atoms with Gasteiger partial charge in [0.2, 0.25) is 6.17 Å². The number of hydrazone groups is 1. The first kappa shape index (κ1) is 9.85. The standard InChI is InChI=1S/C9H16N4/c1-4-5-12-7-11-13(8(2)3)9(12)6-10/h7-9H,4-5H2,1-3H3. The summed E-state index contributed by atoms with van der Waals surface area (Å²) in [5.74, 6) is 0. The first-order valence-corrected chi connectivity index (χ1v) is 4.68. The number of hydrogen-bond donors (Lipinski definition) is 0. The first-order valence-electron chi connectivity index (χ1n) is 4.68. The second-order valence-electron chi connectivity index (χ2n) is 3.45. The second kappa shape index (κ2) is 4.13. The molecule has 1 aliphatic heterocycles. The van der Waals surface area contributed by atoms with Crippen LogP contribution in [0.25, 0.3) is 0 Å². The van der Waals surface area contributed by atoms with Gasteiger partial charge in [0.1, 0.15) is 12.4 Å². The highest BCUT2D eigenvalue weighted by molar-refractivity contribution is 5.58. The highest BCUT2D eigenvalue weighted by Gasteiger charge is 2.28. The van der Waals surface area contributed by atoms with E-state index in [0.717, 1.165) is 13.0 Å². The smallest absolute Gasteiger partial charge is 0.207 e. The Hall–Kier alpha value is -1.24. The fraction of sp³-hybridized carbons (Fsp3) is 0.778. The fourth-order valence-corrected chi connectivity index (χ4v) is 1.39. The van der Waals surface area contributed by atoms with Crippen LogP contribution in [0.5, 0.6) is 0 Å². The zero-order valence-electron chi connectivity index (χ0n) is 8.44. The molecule has 0 saturated heterocycles. The van der Waals surface area contributed by atoms with Crippen LogP contribution in [0.4, 0.5) is 0 Å². The van der Waals surface area contributed by atoms with Gasteiger partial charge in [0.15, 0.2) is 0 Å². The molecule has 0 aromatic carbocycles. The lowest BCUT2D eigenvalue weighted by Gasteiger charge is -2.27. The van der Waals surface area contributed by atoms with Gasteiger partial charge in [-0.15, -0.1) is 0 Å². The van der Waals surface area contributed by atoms with Crippen LogP contribution in [0.3, 0.4) is 0 Å². The highest BCUT2D eigenvalue weighted by Crippen LogP contribution is 2.15. The van der Waals surface area contributed by atoms with Gasteiger partial charge in [0.05, 0.1) is 0 Å². The van der Waals surface area contributed by atoms with Crippen LogP contribution in [-0.4, -0.2) is 35.0 Å². The molecular formula is C9H16N4. The van der Waals surface area contributed by atoms with E-state index in [9.17, 15) is 0 Å². The summed E-state index contributed by atoms with van der Waals surface area (Å²) < 4.78 is 0. The molecule has 0 aliphatic carbocycles. The van der Waals surface area contributed by atoms with E-state index in [-0.39, 0.29) is 12.2 Å². The van der Waals surface area contributed by atoms with Crippen LogP contribution in [0.15, 0.2) is 5.10 Å². The molecule has 0 spiro atoms. The van der Waals surface area contributed by atoms with Gasteiger partial charge in [-0.1, -0.05) is 6.92 Å². The monoisotopic (exact) mass is 180 g/mol. The number of rotatable bonds is 3. The average molecular weight is 180 g/mol. The second-order valence-corrected chi connectivity index (χ2v) is 3.45. The largest absolute Gasteiger partial charge is 0.328 e. The van der Waals surface area contributed by atoms with Crippen molar-refractivity contribution in [2.45, 2.75) is 39.4 Å². The van der Waals surface area contributed by atoms with E-state index in [2.05, 4.69) is 18.1 Å². The minimum Gasteiger partial charge on any atom is -0.328 e. The van der Waals surface area contributed by atoms with Gasteiger partial charge in [-0.25, -0.2) is 0 Å². The molecule has 4 heteroatoms. The van der Waals surface area contributed by atoms with Crippen LogP contribution in [0, 0.1) is 11.3 Å². The van der Waals surface area contributed by atoms with E-state index < -0.39 is 0 Å². The topological polar surface area (TPSA) is 42.6 Å². The predicted octanol–water partition coefficient (Wildman–Crippen LogP) is 1.22. The maximum atomic E-state index is 8.97. The lowest BCUT2D eigenvalue weighted by atomic mass is 10.3. The molecule has 0 amide bonds. The van der Waals surface area contributed by atoms with Crippen LogP contribution >= 0.6 is 0 Å². The van der Waals surface area contributed by atoms with Crippen LogP contribution in [0.2, 0.25) is 0 Å². The maximum absolute atomic E-state index is 8.97. The third kappa shape index (κ3) is 1.92. The Morgan fingerprint density at radius 2 is 2.31 bits per heavy atom. The van der Waals surface area contributed by atoms with E-state index in [1.165, 1.54) is 0 Å². The Kier molecular flexibility index (Phi) is 3.13. The summed E-state index contributed by atoms with van der Waals surface area (Å²) >= 11 is 0. The molecule has 0 radical (unpaired) electrons. The van der Waals surface area contributed by atoms with Crippen molar-refractivity contribution >= 4 is 6.34 Å². The van der Waals surface area contributed by atoms with Gasteiger partial charge < -0.3 is 4.90 Å². The van der Waals surface area contributed by atoms with Crippen LogP contribution in [0.1, 0.15) is 27.2 Å². The van der Waals surface area contributed by atoms with E-state index in [1.54, 1.807) is 6.34 Å². The number of nitrogens with zero attached hydrogens (tertiary/aromatic N) is 4. The Bertz CT molecular complexity index is 228. The van der Waals surface area contributed by atoms with Gasteiger partial charge >= 0.3 is 0 Å². The maximum Gasteiger partial charge on any atom is 0.207 e. The van der Waals surface area contributed by atoms with E-state index in [1.807, 2.05) is 23.8 Å². The van der Waals surface area contributed by atoms with Gasteiger partial charge in [-0.05, 0) is 20.3 Å². The lowest BCUT2D eigenvalue weighted by Crippen LogP contribution is -2.41. The van der Waals surface area contributed by atoms with E-state index in [0.29, 0.717) is 0 Å². The molecule has 1 unspecified atom stereocenters. The first-order chi connectivity index (χ1) is 6.20. The van der Waals surface area contributed by atoms with Gasteiger partial charge in [0.25, 0.3) is 0 Å². The van der Waals surface area contributed by atoms with Crippen molar-refractivity contribution in [3.8, 4) is 6.07 Å². The third-order valence-corrected chi connectivity index (χ3v) is 2.02. The molecule has 1 atom stereocenters. The molecule has 4 nitrogen and oxygen atoms in total. The van der Waals surface area contributed by atoms with Crippen molar-refractivity contribution in [1.29, 1.82) is 5.26 Å². The van der Waals surface area contributed by atoms with Gasteiger partial charge in [0, 0.05) is 12.6 Å². The molecule has 0 aromatic rings. The zero-order valence-corrected chi connectivity index (χ0v) is 8.44. The molecule has 0 saturated carbocycles. The number of hydrogen-bond acceptors (Lipinski definition) is 4. The zero-order chi connectivity index (χ0) is 9.84. The molecule has 1 aliphatic rings. The van der Waals surface area contributed by atoms with Crippen LogP contribution < -0.4 is 0 Å². The minimum atomic E-state index is -0.208. The van der Waals surface area contributed by atoms with Crippen molar-refractivity contribution in [2.24, 2.45) is 5.10 Å². The summed E-state index contributed by atoms with van der Waals surface area (Å²) in [6.07, 6.45) is 2.59.